The number of nitrogens with one attached hydrogen (secondary N) is 2. The number of allylic oxidation sites excluding steroid dienone is 2. The zero-order valence-corrected chi connectivity index (χ0v) is 36.2. The summed E-state index contributed by atoms with van der Waals surface area (Å²) in [7, 11) is 0. The van der Waals surface area contributed by atoms with Crippen LogP contribution in [-0.2, 0) is 52.6 Å². The monoisotopic (exact) mass is 848 g/mol. The number of hydrogen-bond donors (Lipinski definition) is 2. The van der Waals surface area contributed by atoms with Gasteiger partial charge in [0.15, 0.2) is 0 Å². The first-order valence-electron chi connectivity index (χ1n) is 21.1. The van der Waals surface area contributed by atoms with Gasteiger partial charge in [-0.1, -0.05) is 30.7 Å². The van der Waals surface area contributed by atoms with Gasteiger partial charge >= 0.3 is 11.9 Å². The maximum Gasteiger partial charge on any atom is 0.333 e. The summed E-state index contributed by atoms with van der Waals surface area (Å²) in [4.78, 5) is 76.7. The molecule has 332 valence electrons. The molecule has 5 rings (SSSR count). The Morgan fingerprint density at radius 2 is 1.70 bits per heavy atom. The normalized spacial score (nSPS) is 28.6. The van der Waals surface area contributed by atoms with Gasteiger partial charge in [-0.3, -0.25) is 24.0 Å². The smallest absolute Gasteiger partial charge is 0.333 e. The third kappa shape index (κ3) is 14.2. The first-order chi connectivity index (χ1) is 29.0. The van der Waals surface area contributed by atoms with Gasteiger partial charge in [0.25, 0.3) is 11.8 Å². The fourth-order valence-corrected chi connectivity index (χ4v) is 7.70. The van der Waals surface area contributed by atoms with Crippen molar-refractivity contribution in [3.8, 4) is 5.75 Å². The van der Waals surface area contributed by atoms with Crippen molar-refractivity contribution in [3.05, 3.63) is 65.8 Å². The van der Waals surface area contributed by atoms with Crippen molar-refractivity contribution in [2.75, 3.05) is 6.61 Å². The molecule has 2 N–H and O–H groups in total. The molecule has 0 bridgehead atoms. The molecule has 1 aromatic carbocycles. The van der Waals surface area contributed by atoms with E-state index in [0.717, 1.165) is 17.6 Å². The Bertz CT molecular complexity index is 1880. The minimum absolute atomic E-state index is 0.00411. The number of amides is 4. The molecule has 61 heavy (non-hydrogen) atoms. The molecule has 0 radical (unpaired) electrons. The highest BCUT2D eigenvalue weighted by atomic mass is 16.7. The van der Waals surface area contributed by atoms with Gasteiger partial charge in [-0.15, -0.1) is 5.06 Å². The standard InChI is InChI=1S/C45H60N4O12/c1-27(11-18-39-28(2)23-38(31(5)58-39)46-40(51)19-12-29(3)57-33(7)50)10-15-36-25-45(32(6)60-45)26-37(59-36)24-41(52)48-47-30(4)34-13-16-35(17-14-34)56-22-8-9-44(55)61-49-42(53)20-21-43(49)54/h10-17,19,28-29,31-32,36-39H,8-9,18,20-26H2,1-7H3,(H,46,51)(H,48,52)/b15-10+,19-12-,27-11+,47-30+/t28-,29-,31+,32+,36+,37+,38+,39-,45+/m0/s1. The molecule has 0 aliphatic carbocycles. The lowest BCUT2D eigenvalue weighted by Gasteiger charge is -2.39. The molecule has 0 saturated carbocycles. The Morgan fingerprint density at radius 1 is 1.00 bits per heavy atom. The molecule has 1 spiro atoms. The number of rotatable bonds is 18. The molecule has 4 aliphatic heterocycles. The van der Waals surface area contributed by atoms with Crippen molar-refractivity contribution in [1.82, 2.24) is 15.8 Å². The van der Waals surface area contributed by atoms with Gasteiger partial charge in [0, 0.05) is 38.7 Å². The van der Waals surface area contributed by atoms with Crippen molar-refractivity contribution in [3.63, 3.8) is 0 Å². The number of hydroxylamine groups is 2. The molecule has 4 fully saturated rings. The molecule has 0 aromatic heterocycles. The predicted molar refractivity (Wildman–Crippen MR) is 222 cm³/mol. The van der Waals surface area contributed by atoms with Crippen LogP contribution >= 0.6 is 0 Å². The van der Waals surface area contributed by atoms with Crippen LogP contribution in [-0.4, -0.2) is 101 Å². The summed E-state index contributed by atoms with van der Waals surface area (Å²) in [5, 5.41) is 7.86. The van der Waals surface area contributed by atoms with Gasteiger partial charge in [0.05, 0.1) is 67.3 Å². The minimum Gasteiger partial charge on any atom is -0.494 e. The molecule has 4 saturated heterocycles. The molecule has 16 heteroatoms. The Balaban J connectivity index is 1.03. The number of benzene rings is 1. The highest BCUT2D eigenvalue weighted by Gasteiger charge is 2.57. The fraction of sp³-hybridized carbons (Fsp3) is 0.578. The molecule has 9 atom stereocenters. The van der Waals surface area contributed by atoms with Crippen LogP contribution < -0.4 is 15.5 Å². The molecule has 4 amide bonds. The van der Waals surface area contributed by atoms with Gasteiger partial charge in [0.1, 0.15) is 11.9 Å². The molecular formula is C45H60N4O12. The van der Waals surface area contributed by atoms with E-state index in [0.29, 0.717) is 42.2 Å². The lowest BCUT2D eigenvalue weighted by molar-refractivity contribution is -0.197. The average Bonchev–Trinajstić information content (AvgIpc) is 3.70. The fourth-order valence-electron chi connectivity index (χ4n) is 7.70. The van der Waals surface area contributed by atoms with E-state index in [1.807, 2.05) is 45.1 Å². The van der Waals surface area contributed by atoms with E-state index < -0.39 is 29.9 Å². The molecular weight excluding hydrogens is 789 g/mol. The second-order valence-electron chi connectivity index (χ2n) is 16.4. The number of imide groups is 1. The van der Waals surface area contributed by atoms with Crippen molar-refractivity contribution in [1.29, 1.82) is 0 Å². The highest BCUT2D eigenvalue weighted by molar-refractivity contribution is 6.01. The lowest BCUT2D eigenvalue weighted by Crippen LogP contribution is -2.50. The van der Waals surface area contributed by atoms with Crippen LogP contribution in [0, 0.1) is 5.92 Å². The number of esters is 1. The average molecular weight is 849 g/mol. The first-order valence-corrected chi connectivity index (χ1v) is 21.1. The summed E-state index contributed by atoms with van der Waals surface area (Å²) in [6, 6.07) is 7.00. The van der Waals surface area contributed by atoms with Crippen molar-refractivity contribution in [2.45, 2.75) is 155 Å². The Hall–Kier alpha value is -5.19. The van der Waals surface area contributed by atoms with Gasteiger partial charge < -0.3 is 33.8 Å². The zero-order valence-electron chi connectivity index (χ0n) is 36.2. The Morgan fingerprint density at radius 3 is 2.38 bits per heavy atom. The van der Waals surface area contributed by atoms with E-state index in [9.17, 15) is 28.8 Å². The second-order valence-corrected chi connectivity index (χ2v) is 16.4. The van der Waals surface area contributed by atoms with E-state index >= 15 is 0 Å². The number of carbonyl (C=O) groups excluding carboxylic acids is 6. The zero-order chi connectivity index (χ0) is 44.3. The summed E-state index contributed by atoms with van der Waals surface area (Å²) >= 11 is 0. The van der Waals surface area contributed by atoms with E-state index in [4.69, 9.17) is 28.5 Å². The van der Waals surface area contributed by atoms with E-state index in [1.54, 1.807) is 32.1 Å². The number of hydrazone groups is 1. The van der Waals surface area contributed by atoms with Crippen LogP contribution in [0.25, 0.3) is 0 Å². The van der Waals surface area contributed by atoms with Crippen LogP contribution in [0.1, 0.15) is 112 Å². The van der Waals surface area contributed by atoms with Crippen molar-refractivity contribution in [2.24, 2.45) is 11.0 Å². The van der Waals surface area contributed by atoms with Gasteiger partial charge in [0.2, 0.25) is 11.8 Å². The topological polar surface area (TPSA) is 201 Å². The van der Waals surface area contributed by atoms with E-state index in [2.05, 4.69) is 28.8 Å². The number of carbonyl (C=O) groups is 6. The number of nitrogens with zero attached hydrogens (tertiary/aromatic N) is 2. The molecule has 16 nitrogen and oxygen atoms in total. The van der Waals surface area contributed by atoms with Crippen LogP contribution in [0.2, 0.25) is 0 Å². The summed E-state index contributed by atoms with van der Waals surface area (Å²) in [5.74, 6) is -1.85. The Kier molecular flexibility index (Phi) is 16.6. The molecule has 1 aromatic rings. The number of epoxide rings is 1. The summed E-state index contributed by atoms with van der Waals surface area (Å²) in [5.41, 5.74) is 4.79. The number of hydrogen-bond acceptors (Lipinski definition) is 13. The summed E-state index contributed by atoms with van der Waals surface area (Å²) in [6.45, 7) is 13.2. The van der Waals surface area contributed by atoms with Gasteiger partial charge in [-0.05, 0) is 95.7 Å². The third-order valence-electron chi connectivity index (χ3n) is 11.3. The van der Waals surface area contributed by atoms with Crippen molar-refractivity contribution >= 4 is 41.3 Å². The molecule has 4 heterocycles. The van der Waals surface area contributed by atoms with E-state index in [-0.39, 0.29) is 92.2 Å². The predicted octanol–water partition coefficient (Wildman–Crippen LogP) is 5.09. The maximum atomic E-state index is 13.0. The summed E-state index contributed by atoms with van der Waals surface area (Å²) < 4.78 is 29.5. The maximum absolute atomic E-state index is 13.0. The quantitative estimate of drug-likeness (QED) is 0.0290. The van der Waals surface area contributed by atoms with Crippen LogP contribution in [0.4, 0.5) is 0 Å². The number of ether oxygens (including phenoxy) is 5. The lowest BCUT2D eigenvalue weighted by atomic mass is 9.87. The second kappa shape index (κ2) is 21.6. The first kappa shape index (κ1) is 46.9. The van der Waals surface area contributed by atoms with Gasteiger partial charge in [-0.2, -0.15) is 5.10 Å². The minimum atomic E-state index is -0.675. The Labute approximate surface area is 357 Å². The molecule has 4 aliphatic rings. The van der Waals surface area contributed by atoms with Gasteiger partial charge in [-0.25, -0.2) is 10.2 Å². The van der Waals surface area contributed by atoms with Crippen LogP contribution in [0.3, 0.4) is 0 Å². The van der Waals surface area contributed by atoms with Crippen LogP contribution in [0.5, 0.6) is 5.75 Å². The summed E-state index contributed by atoms with van der Waals surface area (Å²) in [6.07, 6.45) is 11.3. The van der Waals surface area contributed by atoms with E-state index in [1.165, 1.54) is 13.0 Å². The highest BCUT2D eigenvalue weighted by Crippen LogP contribution is 2.48. The molecule has 0 unspecified atom stereocenters. The SMILES string of the molecule is CC(=O)O[C@@H](C)/C=C\C(=O)N[C@@H]1C[C@H](C)[C@H](C/C=C(C)/C=C/[C@@H]2C[C@]3(C[C@@H](CC(=O)N/N=C(\C)c4ccc(OCCCC(=O)ON5C(=O)CCC5=O)cc4)O2)O[C@@H]3C)O[C@@H]1C. The van der Waals surface area contributed by atoms with Crippen LogP contribution in [0.15, 0.2) is 65.3 Å². The largest absolute Gasteiger partial charge is 0.494 e. The third-order valence-corrected chi connectivity index (χ3v) is 11.3. The van der Waals surface area contributed by atoms with Crippen molar-refractivity contribution < 1.29 is 57.3 Å².